The van der Waals surface area contributed by atoms with E-state index >= 15 is 0 Å². The number of methoxy groups -OCH3 is 1. The number of carbonyl (C=O) groups excluding carboxylic acids is 1. The maximum Gasteiger partial charge on any atom is 0.248 e. The molecule has 0 bridgehead atoms. The van der Waals surface area contributed by atoms with Crippen molar-refractivity contribution in [2.24, 2.45) is 5.73 Å². The summed E-state index contributed by atoms with van der Waals surface area (Å²) in [6, 6.07) is 12.6. The molecule has 124 valence electrons. The molecule has 2 aromatic heterocycles. The number of benzene rings is 2. The molecule has 0 saturated heterocycles. The minimum Gasteiger partial charge on any atom is -0.497 e. The molecule has 1 amide bonds. The molecule has 0 aliphatic heterocycles. The first kappa shape index (κ1) is 14.9. The minimum atomic E-state index is -0.480. The van der Waals surface area contributed by atoms with Crippen molar-refractivity contribution in [2.45, 2.75) is 0 Å². The summed E-state index contributed by atoms with van der Waals surface area (Å²) in [6.07, 6.45) is 1.82. The third kappa shape index (κ3) is 2.61. The number of hydrogen-bond donors (Lipinski definition) is 3. The lowest BCUT2D eigenvalue weighted by Gasteiger charge is -2.10. The summed E-state index contributed by atoms with van der Waals surface area (Å²) >= 11 is 0. The highest BCUT2D eigenvalue weighted by Gasteiger charge is 2.12. The number of carbonyl (C=O) groups is 1. The Morgan fingerprint density at radius 3 is 2.88 bits per heavy atom. The number of rotatable bonds is 4. The Bertz CT molecular complexity index is 1100. The SMILES string of the molecule is COc1ccc2nc(Nc3cccc(C(N)=O)c3)c3n[nH]cc3c2c1. The quantitative estimate of drug-likeness (QED) is 0.532. The van der Waals surface area contributed by atoms with Crippen molar-refractivity contribution in [3.05, 3.63) is 54.2 Å². The van der Waals surface area contributed by atoms with Crippen molar-refractivity contribution in [1.82, 2.24) is 15.2 Å². The zero-order valence-electron chi connectivity index (χ0n) is 13.4. The van der Waals surface area contributed by atoms with Crippen LogP contribution in [-0.2, 0) is 0 Å². The van der Waals surface area contributed by atoms with Gasteiger partial charge in [0.15, 0.2) is 5.82 Å². The standard InChI is InChI=1S/C18H15N5O2/c1-25-12-5-6-15-13(8-12)14-9-20-23-16(14)18(22-15)21-11-4-2-3-10(7-11)17(19)24/h2-9H,1H3,(H2,19,24)(H,20,23)(H,21,22). The van der Waals surface area contributed by atoms with E-state index in [4.69, 9.17) is 10.5 Å². The number of hydrogen-bond acceptors (Lipinski definition) is 5. The zero-order chi connectivity index (χ0) is 17.4. The molecular weight excluding hydrogens is 318 g/mol. The number of H-pyrrole nitrogens is 1. The van der Waals surface area contributed by atoms with Crippen LogP contribution in [0.4, 0.5) is 11.5 Å². The Hall–Kier alpha value is -3.61. The number of amides is 1. The fourth-order valence-corrected chi connectivity index (χ4v) is 2.78. The van der Waals surface area contributed by atoms with E-state index in [1.54, 1.807) is 25.3 Å². The fraction of sp³-hybridized carbons (Fsp3) is 0.0556. The second-order valence-electron chi connectivity index (χ2n) is 5.56. The summed E-state index contributed by atoms with van der Waals surface area (Å²) < 4.78 is 5.29. The van der Waals surface area contributed by atoms with Crippen LogP contribution in [0.3, 0.4) is 0 Å². The topological polar surface area (TPSA) is 106 Å². The first-order chi connectivity index (χ1) is 12.2. The van der Waals surface area contributed by atoms with E-state index in [9.17, 15) is 4.79 Å². The molecule has 0 atom stereocenters. The van der Waals surface area contributed by atoms with Gasteiger partial charge in [-0.1, -0.05) is 6.07 Å². The van der Waals surface area contributed by atoms with Gasteiger partial charge in [-0.05, 0) is 36.4 Å². The molecule has 0 unspecified atom stereocenters. The molecule has 0 aliphatic rings. The normalized spacial score (nSPS) is 10.9. The van der Waals surface area contributed by atoms with Crippen LogP contribution < -0.4 is 15.8 Å². The summed E-state index contributed by atoms with van der Waals surface area (Å²) in [6.45, 7) is 0. The summed E-state index contributed by atoms with van der Waals surface area (Å²) in [5.74, 6) is 0.870. The van der Waals surface area contributed by atoms with Gasteiger partial charge >= 0.3 is 0 Å². The molecule has 7 heteroatoms. The molecule has 0 spiro atoms. The molecular formula is C18H15N5O2. The lowest BCUT2D eigenvalue weighted by Crippen LogP contribution is -2.10. The number of nitrogens with one attached hydrogen (secondary N) is 2. The maximum atomic E-state index is 11.4. The van der Waals surface area contributed by atoms with Gasteiger partial charge in [-0.3, -0.25) is 9.89 Å². The first-order valence-corrected chi connectivity index (χ1v) is 7.64. The van der Waals surface area contributed by atoms with Crippen LogP contribution in [0.5, 0.6) is 5.75 Å². The van der Waals surface area contributed by atoms with E-state index < -0.39 is 5.91 Å². The van der Waals surface area contributed by atoms with Crippen molar-refractivity contribution >= 4 is 39.2 Å². The summed E-state index contributed by atoms with van der Waals surface area (Å²) in [5, 5.41) is 12.3. The first-order valence-electron chi connectivity index (χ1n) is 7.64. The largest absolute Gasteiger partial charge is 0.497 e. The van der Waals surface area contributed by atoms with Gasteiger partial charge in [0, 0.05) is 28.2 Å². The number of pyridine rings is 1. The Morgan fingerprint density at radius 1 is 1.20 bits per heavy atom. The van der Waals surface area contributed by atoms with E-state index in [-0.39, 0.29) is 0 Å². The second kappa shape index (κ2) is 5.79. The number of aromatic amines is 1. The molecule has 25 heavy (non-hydrogen) atoms. The lowest BCUT2D eigenvalue weighted by molar-refractivity contribution is 0.100. The van der Waals surface area contributed by atoms with E-state index in [0.717, 1.165) is 22.0 Å². The van der Waals surface area contributed by atoms with E-state index in [1.807, 2.05) is 30.5 Å². The summed E-state index contributed by atoms with van der Waals surface area (Å²) in [7, 11) is 1.63. The van der Waals surface area contributed by atoms with Gasteiger partial charge in [0.25, 0.3) is 0 Å². The summed E-state index contributed by atoms with van der Waals surface area (Å²) in [5.41, 5.74) is 7.98. The monoisotopic (exact) mass is 333 g/mol. The molecule has 0 aliphatic carbocycles. The minimum absolute atomic E-state index is 0.425. The average Bonchev–Trinajstić information content (AvgIpc) is 3.12. The van der Waals surface area contributed by atoms with Crippen LogP contribution >= 0.6 is 0 Å². The average molecular weight is 333 g/mol. The molecule has 4 aromatic rings. The van der Waals surface area contributed by atoms with E-state index in [1.165, 1.54) is 0 Å². The third-order valence-corrected chi connectivity index (χ3v) is 4.00. The smallest absolute Gasteiger partial charge is 0.248 e. The Morgan fingerprint density at radius 2 is 2.08 bits per heavy atom. The third-order valence-electron chi connectivity index (χ3n) is 4.00. The Balaban J connectivity index is 1.85. The highest BCUT2D eigenvalue weighted by atomic mass is 16.5. The van der Waals surface area contributed by atoms with Gasteiger partial charge in [0.1, 0.15) is 11.3 Å². The number of nitrogens with zero attached hydrogens (tertiary/aromatic N) is 2. The molecule has 2 aromatic carbocycles. The molecule has 2 heterocycles. The van der Waals surface area contributed by atoms with E-state index in [0.29, 0.717) is 22.6 Å². The van der Waals surface area contributed by atoms with Crippen LogP contribution in [-0.4, -0.2) is 28.2 Å². The highest BCUT2D eigenvalue weighted by Crippen LogP contribution is 2.31. The van der Waals surface area contributed by atoms with Gasteiger partial charge in [0.05, 0.1) is 12.6 Å². The van der Waals surface area contributed by atoms with Gasteiger partial charge in [-0.25, -0.2) is 4.98 Å². The van der Waals surface area contributed by atoms with Crippen LogP contribution in [0.1, 0.15) is 10.4 Å². The number of ether oxygens (including phenoxy) is 1. The molecule has 0 saturated carbocycles. The molecule has 4 rings (SSSR count). The van der Waals surface area contributed by atoms with Crippen molar-refractivity contribution < 1.29 is 9.53 Å². The molecule has 0 radical (unpaired) electrons. The second-order valence-corrected chi connectivity index (χ2v) is 5.56. The van der Waals surface area contributed by atoms with Crippen molar-refractivity contribution in [2.75, 3.05) is 12.4 Å². The van der Waals surface area contributed by atoms with Gasteiger partial charge in [-0.15, -0.1) is 0 Å². The Kier molecular flexibility index (Phi) is 3.46. The maximum absolute atomic E-state index is 11.4. The number of aromatic nitrogens is 3. The lowest BCUT2D eigenvalue weighted by atomic mass is 10.1. The van der Waals surface area contributed by atoms with Crippen LogP contribution in [0.2, 0.25) is 0 Å². The predicted molar refractivity (Wildman–Crippen MR) is 96.2 cm³/mol. The summed E-state index contributed by atoms with van der Waals surface area (Å²) in [4.78, 5) is 16.0. The number of fused-ring (bicyclic) bond motifs is 3. The van der Waals surface area contributed by atoms with Crippen molar-refractivity contribution in [3.8, 4) is 5.75 Å². The molecule has 7 nitrogen and oxygen atoms in total. The van der Waals surface area contributed by atoms with Crippen molar-refractivity contribution in [1.29, 1.82) is 0 Å². The van der Waals surface area contributed by atoms with E-state index in [2.05, 4.69) is 20.5 Å². The number of primary amides is 1. The van der Waals surface area contributed by atoms with Crippen LogP contribution in [0.25, 0.3) is 21.8 Å². The Labute approximate surface area is 142 Å². The highest BCUT2D eigenvalue weighted by molar-refractivity contribution is 6.09. The van der Waals surface area contributed by atoms with Gasteiger partial charge < -0.3 is 15.8 Å². The zero-order valence-corrected chi connectivity index (χ0v) is 13.4. The fourth-order valence-electron chi connectivity index (χ4n) is 2.78. The number of nitrogens with two attached hydrogens (primary N) is 1. The van der Waals surface area contributed by atoms with Crippen molar-refractivity contribution in [3.63, 3.8) is 0 Å². The van der Waals surface area contributed by atoms with Gasteiger partial charge in [-0.2, -0.15) is 5.10 Å². The molecule has 0 fully saturated rings. The predicted octanol–water partition coefficient (Wildman–Crippen LogP) is 2.96. The van der Waals surface area contributed by atoms with Gasteiger partial charge in [0.2, 0.25) is 5.91 Å². The van der Waals surface area contributed by atoms with Crippen LogP contribution in [0.15, 0.2) is 48.7 Å². The molecule has 4 N–H and O–H groups in total. The number of anilines is 2. The van der Waals surface area contributed by atoms with Crippen LogP contribution in [0, 0.1) is 0 Å².